The van der Waals surface area contributed by atoms with Gasteiger partial charge in [0.1, 0.15) is 13.0 Å². The van der Waals surface area contributed by atoms with Crippen LogP contribution in [0.15, 0.2) is 54.6 Å². The Balaban J connectivity index is 1.88. The van der Waals surface area contributed by atoms with Crippen LogP contribution in [0.1, 0.15) is 23.1 Å². The quantitative estimate of drug-likeness (QED) is 0.249. The molecule has 2 aromatic carbocycles. The molecule has 0 unspecified atom stereocenters. The van der Waals surface area contributed by atoms with Crippen LogP contribution >= 0.6 is 0 Å². The van der Waals surface area contributed by atoms with E-state index in [4.69, 9.17) is 10.00 Å². The third kappa shape index (κ3) is 5.39. The zero-order valence-corrected chi connectivity index (χ0v) is 13.6. The molecule has 7 nitrogen and oxygen atoms in total. The number of nitrogens with zero attached hydrogens (tertiary/aromatic N) is 2. The normalized spacial score (nSPS) is 10.3. The van der Waals surface area contributed by atoms with Crippen molar-refractivity contribution >= 4 is 23.5 Å². The van der Waals surface area contributed by atoms with Gasteiger partial charge in [0.15, 0.2) is 5.78 Å². The Morgan fingerprint density at radius 3 is 2.50 bits per heavy atom. The van der Waals surface area contributed by atoms with E-state index in [-0.39, 0.29) is 17.9 Å². The molecule has 2 aromatic rings. The topological polar surface area (TPSA) is 110 Å². The van der Waals surface area contributed by atoms with E-state index in [9.17, 15) is 19.7 Å². The van der Waals surface area contributed by atoms with Crippen molar-refractivity contribution in [2.45, 2.75) is 13.0 Å². The van der Waals surface area contributed by atoms with Crippen molar-refractivity contribution in [3.8, 4) is 6.07 Å². The van der Waals surface area contributed by atoms with Crippen LogP contribution in [0.4, 0.5) is 5.69 Å². The van der Waals surface area contributed by atoms with Crippen molar-refractivity contribution < 1.29 is 19.2 Å². The summed E-state index contributed by atoms with van der Waals surface area (Å²) in [5.74, 6) is -1.22. The van der Waals surface area contributed by atoms with Crippen LogP contribution in [0, 0.1) is 21.4 Å². The predicted octanol–water partition coefficient (Wildman–Crippen LogP) is 3.18. The number of carbonyl (C=O) groups excluding carboxylic acids is 2. The molecule has 0 bridgehead atoms. The first-order valence-corrected chi connectivity index (χ1v) is 7.58. The van der Waals surface area contributed by atoms with Crippen molar-refractivity contribution in [2.24, 2.45) is 0 Å². The van der Waals surface area contributed by atoms with E-state index in [0.717, 1.165) is 6.08 Å². The number of ether oxygens (including phenoxy) is 1. The van der Waals surface area contributed by atoms with Gasteiger partial charge in [-0.25, -0.2) is 0 Å². The molecule has 0 atom stereocenters. The smallest absolute Gasteiger partial charge is 0.314 e. The van der Waals surface area contributed by atoms with Gasteiger partial charge in [-0.1, -0.05) is 24.3 Å². The summed E-state index contributed by atoms with van der Waals surface area (Å²) in [7, 11) is 0. The SMILES string of the molecule is N#Cc1ccc(COC(=O)CC(=O)C=Cc2ccccc2[N+](=O)[O-])cc1. The molecule has 7 heteroatoms. The number of benzene rings is 2. The van der Waals surface area contributed by atoms with Gasteiger partial charge in [0.05, 0.1) is 22.1 Å². The minimum Gasteiger partial charge on any atom is -0.460 e. The highest BCUT2D eigenvalue weighted by molar-refractivity contribution is 6.04. The van der Waals surface area contributed by atoms with Crippen LogP contribution in [0.25, 0.3) is 6.08 Å². The van der Waals surface area contributed by atoms with Crippen molar-refractivity contribution in [1.82, 2.24) is 0 Å². The Kier molecular flexibility index (Phi) is 6.34. The number of nitro benzene ring substituents is 1. The minimum atomic E-state index is -0.702. The number of hydrogen-bond acceptors (Lipinski definition) is 6. The number of nitro groups is 1. The van der Waals surface area contributed by atoms with Crippen LogP contribution in [-0.2, 0) is 20.9 Å². The van der Waals surface area contributed by atoms with E-state index >= 15 is 0 Å². The number of para-hydroxylation sites is 1. The Morgan fingerprint density at radius 1 is 1.15 bits per heavy atom. The van der Waals surface area contributed by atoms with Crippen molar-refractivity contribution in [2.75, 3.05) is 0 Å². The fourth-order valence-corrected chi connectivity index (χ4v) is 2.07. The highest BCUT2D eigenvalue weighted by Crippen LogP contribution is 2.19. The molecule has 0 saturated heterocycles. The van der Waals surface area contributed by atoms with Gasteiger partial charge in [0.2, 0.25) is 0 Å². The zero-order valence-electron chi connectivity index (χ0n) is 13.6. The Labute approximate surface area is 149 Å². The minimum absolute atomic E-state index is 0.00824. The van der Waals surface area contributed by atoms with E-state index < -0.39 is 23.1 Å². The second-order valence-corrected chi connectivity index (χ2v) is 5.26. The van der Waals surface area contributed by atoms with E-state index in [1.807, 2.05) is 6.07 Å². The highest BCUT2D eigenvalue weighted by atomic mass is 16.6. The van der Waals surface area contributed by atoms with Gasteiger partial charge >= 0.3 is 5.97 Å². The average Bonchev–Trinajstić information content (AvgIpc) is 2.65. The third-order valence-electron chi connectivity index (χ3n) is 3.38. The number of hydrogen-bond donors (Lipinski definition) is 0. The summed E-state index contributed by atoms with van der Waals surface area (Å²) in [6, 6.07) is 14.5. The molecular weight excluding hydrogens is 336 g/mol. The summed E-state index contributed by atoms with van der Waals surface area (Å²) >= 11 is 0. The second kappa shape index (κ2) is 8.89. The number of rotatable bonds is 7. The molecule has 0 aliphatic carbocycles. The highest BCUT2D eigenvalue weighted by Gasteiger charge is 2.12. The lowest BCUT2D eigenvalue weighted by Gasteiger charge is -2.03. The zero-order chi connectivity index (χ0) is 18.9. The van der Waals surface area contributed by atoms with E-state index in [1.165, 1.54) is 24.3 Å². The van der Waals surface area contributed by atoms with Gasteiger partial charge in [-0.15, -0.1) is 0 Å². The van der Waals surface area contributed by atoms with Gasteiger partial charge in [-0.2, -0.15) is 5.26 Å². The first-order chi connectivity index (χ1) is 12.5. The lowest BCUT2D eigenvalue weighted by molar-refractivity contribution is -0.385. The first-order valence-electron chi connectivity index (χ1n) is 7.58. The van der Waals surface area contributed by atoms with Gasteiger partial charge in [0.25, 0.3) is 5.69 Å². The van der Waals surface area contributed by atoms with E-state index in [0.29, 0.717) is 11.1 Å². The molecule has 0 amide bonds. The van der Waals surface area contributed by atoms with E-state index in [1.54, 1.807) is 30.3 Å². The van der Waals surface area contributed by atoms with Crippen molar-refractivity contribution in [3.63, 3.8) is 0 Å². The first kappa shape index (κ1) is 18.5. The molecule has 0 saturated carbocycles. The lowest BCUT2D eigenvalue weighted by atomic mass is 10.1. The van der Waals surface area contributed by atoms with Gasteiger partial charge in [-0.05, 0) is 35.9 Å². The summed E-state index contributed by atoms with van der Waals surface area (Å²) in [6.45, 7) is -0.00824. The monoisotopic (exact) mass is 350 g/mol. The molecule has 0 aromatic heterocycles. The Hall–Kier alpha value is -3.79. The summed E-state index contributed by atoms with van der Waals surface area (Å²) in [6.07, 6.45) is 1.95. The maximum absolute atomic E-state index is 11.8. The summed E-state index contributed by atoms with van der Waals surface area (Å²) < 4.78 is 5.00. The van der Waals surface area contributed by atoms with Crippen LogP contribution in [0.5, 0.6) is 0 Å². The maximum Gasteiger partial charge on any atom is 0.314 e. The van der Waals surface area contributed by atoms with Gasteiger partial charge in [-0.3, -0.25) is 19.7 Å². The molecule has 0 radical (unpaired) electrons. The standard InChI is InChI=1S/C19H14N2O5/c20-12-14-5-7-15(8-6-14)13-26-19(23)11-17(22)10-9-16-3-1-2-4-18(16)21(24)25/h1-10H,11,13H2. The molecule has 0 aliphatic heterocycles. The van der Waals surface area contributed by atoms with E-state index in [2.05, 4.69) is 0 Å². The van der Waals surface area contributed by atoms with Gasteiger partial charge in [0, 0.05) is 6.07 Å². The number of nitriles is 1. The van der Waals surface area contributed by atoms with Crippen LogP contribution in [-0.4, -0.2) is 16.7 Å². The van der Waals surface area contributed by atoms with Crippen LogP contribution in [0.2, 0.25) is 0 Å². The molecule has 0 N–H and O–H groups in total. The fraction of sp³-hybridized carbons (Fsp3) is 0.105. The molecule has 0 fully saturated rings. The summed E-state index contributed by atoms with van der Waals surface area (Å²) in [4.78, 5) is 33.9. The van der Waals surface area contributed by atoms with Crippen molar-refractivity contribution in [1.29, 1.82) is 5.26 Å². The third-order valence-corrected chi connectivity index (χ3v) is 3.38. The molecule has 2 rings (SSSR count). The van der Waals surface area contributed by atoms with Crippen molar-refractivity contribution in [3.05, 3.63) is 81.4 Å². The molecule has 0 spiro atoms. The second-order valence-electron chi connectivity index (χ2n) is 5.26. The molecule has 0 aliphatic rings. The fourth-order valence-electron chi connectivity index (χ4n) is 2.07. The Bertz CT molecular complexity index is 895. The number of carbonyl (C=O) groups is 2. The molecular formula is C19H14N2O5. The molecule has 130 valence electrons. The van der Waals surface area contributed by atoms with Crippen LogP contribution in [0.3, 0.4) is 0 Å². The average molecular weight is 350 g/mol. The molecule has 26 heavy (non-hydrogen) atoms. The largest absolute Gasteiger partial charge is 0.460 e. The maximum atomic E-state index is 11.8. The number of ketones is 1. The number of allylic oxidation sites excluding steroid dienone is 1. The van der Waals surface area contributed by atoms with Gasteiger partial charge < -0.3 is 4.74 Å². The summed E-state index contributed by atoms with van der Waals surface area (Å²) in [5, 5.41) is 19.6. The molecule has 0 heterocycles. The lowest BCUT2D eigenvalue weighted by Crippen LogP contribution is -2.09. The van der Waals surface area contributed by atoms with Crippen LogP contribution < -0.4 is 0 Å². The summed E-state index contributed by atoms with van der Waals surface area (Å²) in [5.41, 5.74) is 1.34. The number of esters is 1. The predicted molar refractivity (Wildman–Crippen MR) is 92.7 cm³/mol. The Morgan fingerprint density at radius 2 is 1.85 bits per heavy atom.